The van der Waals surface area contributed by atoms with E-state index >= 15 is 0 Å². The average molecular weight is 334 g/mol. The van der Waals surface area contributed by atoms with Crippen molar-refractivity contribution in [3.05, 3.63) is 42.5 Å². The Kier molecular flexibility index (Phi) is 6.42. The van der Waals surface area contributed by atoms with Crippen LogP contribution in [0.3, 0.4) is 0 Å². The van der Waals surface area contributed by atoms with Gasteiger partial charge in [-0.15, -0.1) is 16.8 Å². The lowest BCUT2D eigenvalue weighted by Crippen LogP contribution is -2.14. The minimum absolute atomic E-state index is 0.0472. The molecule has 5 nitrogen and oxygen atoms in total. The predicted molar refractivity (Wildman–Crippen MR) is 93.8 cm³/mol. The molecule has 0 unspecified atom stereocenters. The van der Waals surface area contributed by atoms with Crippen LogP contribution in [0.25, 0.3) is 0 Å². The fourth-order valence-corrected chi connectivity index (χ4v) is 3.25. The third-order valence-electron chi connectivity index (χ3n) is 2.75. The molecule has 1 amide bonds. The molecule has 0 aliphatic rings. The van der Waals surface area contributed by atoms with Crippen LogP contribution in [0, 0.1) is 0 Å². The van der Waals surface area contributed by atoms with Crippen molar-refractivity contribution in [1.29, 1.82) is 0 Å². The zero-order valence-electron chi connectivity index (χ0n) is 12.3. The van der Waals surface area contributed by atoms with Gasteiger partial charge in [-0.1, -0.05) is 48.2 Å². The fourth-order valence-electron chi connectivity index (χ4n) is 1.69. The highest BCUT2D eigenvalue weighted by Crippen LogP contribution is 2.25. The number of hydrogen-bond acceptors (Lipinski definition) is 6. The highest BCUT2D eigenvalue weighted by atomic mass is 32.2. The Morgan fingerprint density at radius 2 is 2.32 bits per heavy atom. The van der Waals surface area contributed by atoms with Crippen molar-refractivity contribution in [2.45, 2.75) is 17.7 Å². The van der Waals surface area contributed by atoms with Gasteiger partial charge in [-0.3, -0.25) is 4.79 Å². The standard InChI is InChI=1S/C15H18N4OS2/c1-3-8-16-14-18-19-15(22-14)21-10-13(20)17-12-7-5-6-11(4-2)9-12/h3,5-7,9H,1,4,8,10H2,2H3,(H,16,18)(H,17,20). The van der Waals surface area contributed by atoms with E-state index in [-0.39, 0.29) is 5.91 Å². The summed E-state index contributed by atoms with van der Waals surface area (Å²) in [4.78, 5) is 12.0. The predicted octanol–water partition coefficient (Wildman–Crippen LogP) is 3.43. The smallest absolute Gasteiger partial charge is 0.234 e. The second-order valence-corrected chi connectivity index (χ2v) is 6.63. The van der Waals surface area contributed by atoms with Gasteiger partial charge in [-0.05, 0) is 24.1 Å². The number of anilines is 2. The van der Waals surface area contributed by atoms with E-state index in [0.29, 0.717) is 12.3 Å². The van der Waals surface area contributed by atoms with Gasteiger partial charge in [0.2, 0.25) is 11.0 Å². The average Bonchev–Trinajstić information content (AvgIpc) is 2.99. The molecule has 1 aromatic heterocycles. The van der Waals surface area contributed by atoms with Crippen LogP contribution in [0.1, 0.15) is 12.5 Å². The molecule has 0 aliphatic heterocycles. The van der Waals surface area contributed by atoms with E-state index in [1.807, 2.05) is 24.3 Å². The van der Waals surface area contributed by atoms with E-state index in [1.54, 1.807) is 6.08 Å². The second kappa shape index (κ2) is 8.55. The van der Waals surface area contributed by atoms with Crippen LogP contribution in [-0.2, 0) is 11.2 Å². The summed E-state index contributed by atoms with van der Waals surface area (Å²) >= 11 is 2.81. The quantitative estimate of drug-likeness (QED) is 0.572. The number of nitrogens with one attached hydrogen (secondary N) is 2. The molecule has 1 heterocycles. The van der Waals surface area contributed by atoms with E-state index in [2.05, 4.69) is 34.3 Å². The Bertz CT molecular complexity index is 642. The molecule has 0 saturated carbocycles. The second-order valence-electron chi connectivity index (χ2n) is 4.43. The zero-order valence-corrected chi connectivity index (χ0v) is 14.0. The van der Waals surface area contributed by atoms with Crippen molar-refractivity contribution in [2.24, 2.45) is 0 Å². The van der Waals surface area contributed by atoms with E-state index in [1.165, 1.54) is 28.7 Å². The van der Waals surface area contributed by atoms with Crippen LogP contribution in [0.2, 0.25) is 0 Å². The first-order valence-electron chi connectivity index (χ1n) is 6.91. The van der Waals surface area contributed by atoms with E-state index in [9.17, 15) is 4.79 Å². The largest absolute Gasteiger partial charge is 0.357 e. The van der Waals surface area contributed by atoms with Gasteiger partial charge >= 0.3 is 0 Å². The SMILES string of the molecule is C=CCNc1nnc(SCC(=O)Nc2cccc(CC)c2)s1. The van der Waals surface area contributed by atoms with Gasteiger partial charge in [0, 0.05) is 12.2 Å². The molecule has 2 aromatic rings. The van der Waals surface area contributed by atoms with Crippen LogP contribution in [-0.4, -0.2) is 28.4 Å². The Balaban J connectivity index is 1.82. The molecule has 0 spiro atoms. The van der Waals surface area contributed by atoms with Crippen molar-refractivity contribution >= 4 is 39.8 Å². The number of rotatable bonds is 8. The van der Waals surface area contributed by atoms with Crippen molar-refractivity contribution in [3.8, 4) is 0 Å². The molecule has 22 heavy (non-hydrogen) atoms. The number of carbonyl (C=O) groups excluding carboxylic acids is 1. The fraction of sp³-hybridized carbons (Fsp3) is 0.267. The van der Waals surface area contributed by atoms with Crippen molar-refractivity contribution < 1.29 is 4.79 Å². The van der Waals surface area contributed by atoms with Crippen LogP contribution in [0.5, 0.6) is 0 Å². The van der Waals surface area contributed by atoms with Gasteiger partial charge in [0.05, 0.1) is 5.75 Å². The lowest BCUT2D eigenvalue weighted by Gasteiger charge is -2.05. The number of hydrogen-bond donors (Lipinski definition) is 2. The van der Waals surface area contributed by atoms with Gasteiger partial charge in [0.25, 0.3) is 0 Å². The summed E-state index contributed by atoms with van der Waals surface area (Å²) in [5.74, 6) is 0.265. The molecule has 7 heteroatoms. The maximum absolute atomic E-state index is 12.0. The van der Waals surface area contributed by atoms with Crippen molar-refractivity contribution in [2.75, 3.05) is 22.9 Å². The number of aryl methyl sites for hydroxylation is 1. The summed E-state index contributed by atoms with van der Waals surface area (Å²) in [6.07, 6.45) is 2.70. The van der Waals surface area contributed by atoms with E-state index in [4.69, 9.17) is 0 Å². The molecule has 116 valence electrons. The molecule has 0 aliphatic carbocycles. The Morgan fingerprint density at radius 3 is 3.09 bits per heavy atom. The Labute approximate surface area is 138 Å². The summed E-state index contributed by atoms with van der Waals surface area (Å²) < 4.78 is 0.768. The molecule has 0 saturated heterocycles. The zero-order chi connectivity index (χ0) is 15.8. The van der Waals surface area contributed by atoms with Crippen LogP contribution in [0.15, 0.2) is 41.3 Å². The summed E-state index contributed by atoms with van der Waals surface area (Å²) in [6.45, 7) is 6.36. The van der Waals surface area contributed by atoms with Gasteiger partial charge in [0.15, 0.2) is 4.34 Å². The van der Waals surface area contributed by atoms with Crippen LogP contribution >= 0.6 is 23.1 Å². The third kappa shape index (κ3) is 5.16. The van der Waals surface area contributed by atoms with Crippen molar-refractivity contribution in [3.63, 3.8) is 0 Å². The number of carbonyl (C=O) groups is 1. The highest BCUT2D eigenvalue weighted by Gasteiger charge is 2.08. The Morgan fingerprint density at radius 1 is 1.45 bits per heavy atom. The third-order valence-corrected chi connectivity index (χ3v) is 4.76. The molecule has 2 N–H and O–H groups in total. The van der Waals surface area contributed by atoms with Crippen LogP contribution < -0.4 is 10.6 Å². The summed E-state index contributed by atoms with van der Waals surface area (Å²) in [7, 11) is 0. The number of aromatic nitrogens is 2. The molecule has 1 aromatic carbocycles. The molecule has 0 radical (unpaired) electrons. The first kappa shape index (κ1) is 16.5. The summed E-state index contributed by atoms with van der Waals surface area (Å²) in [5.41, 5.74) is 2.03. The molecular weight excluding hydrogens is 316 g/mol. The van der Waals surface area contributed by atoms with Gasteiger partial charge in [-0.25, -0.2) is 0 Å². The number of nitrogens with zero attached hydrogens (tertiary/aromatic N) is 2. The molecule has 0 atom stereocenters. The van der Waals surface area contributed by atoms with Crippen molar-refractivity contribution in [1.82, 2.24) is 10.2 Å². The molecule has 2 rings (SSSR count). The van der Waals surface area contributed by atoms with Gasteiger partial charge in [-0.2, -0.15) is 0 Å². The summed E-state index contributed by atoms with van der Waals surface area (Å²) in [5, 5.41) is 14.7. The lowest BCUT2D eigenvalue weighted by molar-refractivity contribution is -0.113. The number of thioether (sulfide) groups is 1. The van der Waals surface area contributed by atoms with E-state index < -0.39 is 0 Å². The number of benzene rings is 1. The normalized spacial score (nSPS) is 10.2. The minimum Gasteiger partial charge on any atom is -0.357 e. The molecule has 0 fully saturated rings. The van der Waals surface area contributed by atoms with Gasteiger partial charge < -0.3 is 10.6 Å². The maximum atomic E-state index is 12.0. The first-order chi connectivity index (χ1) is 10.7. The first-order valence-corrected chi connectivity index (χ1v) is 8.71. The molecule has 0 bridgehead atoms. The van der Waals surface area contributed by atoms with Crippen LogP contribution in [0.4, 0.5) is 10.8 Å². The molecular formula is C15H18N4OS2. The number of amides is 1. The minimum atomic E-state index is -0.0472. The highest BCUT2D eigenvalue weighted by molar-refractivity contribution is 8.01. The summed E-state index contributed by atoms with van der Waals surface area (Å²) in [6, 6.07) is 7.88. The van der Waals surface area contributed by atoms with Gasteiger partial charge in [0.1, 0.15) is 0 Å². The monoisotopic (exact) mass is 334 g/mol. The Hall–Kier alpha value is -1.86. The topological polar surface area (TPSA) is 66.9 Å². The lowest BCUT2D eigenvalue weighted by atomic mass is 10.1. The maximum Gasteiger partial charge on any atom is 0.234 e. The van der Waals surface area contributed by atoms with E-state index in [0.717, 1.165) is 21.6 Å².